The van der Waals surface area contributed by atoms with Crippen LogP contribution in [0.15, 0.2) is 23.0 Å². The summed E-state index contributed by atoms with van der Waals surface area (Å²) >= 11 is 9.22. The third-order valence-electron chi connectivity index (χ3n) is 4.53. The molecule has 132 valence electrons. The summed E-state index contributed by atoms with van der Waals surface area (Å²) in [6.45, 7) is 8.29. The molecule has 0 spiro atoms. The van der Waals surface area contributed by atoms with Crippen LogP contribution < -0.4 is 15.4 Å². The maximum Gasteiger partial charge on any atom is 0.275 e. The summed E-state index contributed by atoms with van der Waals surface area (Å²) in [7, 11) is 0. The van der Waals surface area contributed by atoms with Gasteiger partial charge in [0.25, 0.3) is 5.56 Å². The number of aryl methyl sites for hydroxylation is 1. The second kappa shape index (κ2) is 7.13. The standard InChI is InChI=1S/C16H18ClN5OS2/c1-11-8-15(23)22-16(18-11)25-14(19-22)10-21-6-4-20(5-7-21)9-12-2-3-13(17)24-12/h2-3,8H,4-7,9-10H2,1H3/p+2. The highest BCUT2D eigenvalue weighted by Crippen LogP contribution is 2.20. The average molecular weight is 398 g/mol. The van der Waals surface area contributed by atoms with Crippen LogP contribution >= 0.6 is 34.3 Å². The van der Waals surface area contributed by atoms with Gasteiger partial charge in [0.05, 0.1) is 9.21 Å². The lowest BCUT2D eigenvalue weighted by molar-refractivity contribution is -1.02. The molecule has 2 N–H and O–H groups in total. The zero-order chi connectivity index (χ0) is 17.4. The zero-order valence-corrected chi connectivity index (χ0v) is 16.3. The maximum absolute atomic E-state index is 12.0. The van der Waals surface area contributed by atoms with Gasteiger partial charge >= 0.3 is 0 Å². The molecular formula is C16H20ClN5OS2+2. The first-order valence-electron chi connectivity index (χ1n) is 8.34. The molecule has 4 heterocycles. The van der Waals surface area contributed by atoms with E-state index >= 15 is 0 Å². The number of hydrogen-bond acceptors (Lipinski definition) is 5. The molecule has 1 saturated heterocycles. The van der Waals surface area contributed by atoms with Gasteiger partial charge in [-0.25, -0.2) is 4.98 Å². The van der Waals surface area contributed by atoms with Gasteiger partial charge in [0.15, 0.2) is 5.01 Å². The molecule has 1 aliphatic heterocycles. The van der Waals surface area contributed by atoms with Gasteiger partial charge in [-0.1, -0.05) is 22.9 Å². The molecule has 4 rings (SSSR count). The van der Waals surface area contributed by atoms with E-state index in [0.29, 0.717) is 4.96 Å². The van der Waals surface area contributed by atoms with Crippen molar-refractivity contribution in [3.05, 3.63) is 48.5 Å². The highest BCUT2D eigenvalue weighted by atomic mass is 35.5. The fourth-order valence-electron chi connectivity index (χ4n) is 3.25. The van der Waals surface area contributed by atoms with E-state index in [0.717, 1.165) is 54.3 Å². The normalized spacial score (nSPS) is 21.0. The van der Waals surface area contributed by atoms with Crippen LogP contribution in [0.25, 0.3) is 4.96 Å². The molecule has 0 atom stereocenters. The number of thiophene rings is 1. The Morgan fingerprint density at radius 1 is 1.16 bits per heavy atom. The topological polar surface area (TPSA) is 56.1 Å². The second-order valence-electron chi connectivity index (χ2n) is 6.49. The number of piperazine rings is 1. The number of halogens is 1. The molecule has 1 aliphatic rings. The average Bonchev–Trinajstić information content (AvgIpc) is 3.15. The van der Waals surface area contributed by atoms with Gasteiger partial charge < -0.3 is 9.80 Å². The van der Waals surface area contributed by atoms with Gasteiger partial charge in [-0.2, -0.15) is 9.61 Å². The number of quaternary nitrogens is 2. The molecular weight excluding hydrogens is 378 g/mol. The molecule has 9 heteroatoms. The molecule has 25 heavy (non-hydrogen) atoms. The highest BCUT2D eigenvalue weighted by molar-refractivity contribution is 7.16. The maximum atomic E-state index is 12.0. The third kappa shape index (κ3) is 3.93. The Labute approximate surface area is 158 Å². The van der Waals surface area contributed by atoms with Crippen LogP contribution in [0, 0.1) is 6.92 Å². The third-order valence-corrected chi connectivity index (χ3v) is 6.67. The van der Waals surface area contributed by atoms with Gasteiger partial charge in [-0.3, -0.25) is 4.79 Å². The number of nitrogens with one attached hydrogen (secondary N) is 2. The minimum Gasteiger partial charge on any atom is -0.321 e. The Balaban J connectivity index is 1.37. The molecule has 0 aliphatic carbocycles. The predicted molar refractivity (Wildman–Crippen MR) is 100 cm³/mol. The summed E-state index contributed by atoms with van der Waals surface area (Å²) in [6.07, 6.45) is 0. The van der Waals surface area contributed by atoms with Crippen LogP contribution in [0.1, 0.15) is 15.6 Å². The summed E-state index contributed by atoms with van der Waals surface area (Å²) < 4.78 is 2.29. The quantitative estimate of drug-likeness (QED) is 0.633. The number of fused-ring (bicyclic) bond motifs is 1. The van der Waals surface area contributed by atoms with Gasteiger partial charge in [-0.05, 0) is 19.1 Å². The van der Waals surface area contributed by atoms with E-state index in [1.807, 2.05) is 13.0 Å². The van der Waals surface area contributed by atoms with Gasteiger partial charge in [0.2, 0.25) is 4.96 Å². The van der Waals surface area contributed by atoms with Crippen molar-refractivity contribution in [1.82, 2.24) is 14.6 Å². The Bertz CT molecular complexity index is 942. The van der Waals surface area contributed by atoms with Crippen molar-refractivity contribution < 1.29 is 9.80 Å². The Morgan fingerprint density at radius 3 is 2.56 bits per heavy atom. The Kier molecular flexibility index (Phi) is 4.88. The molecule has 6 nitrogen and oxygen atoms in total. The lowest BCUT2D eigenvalue weighted by atomic mass is 10.3. The van der Waals surface area contributed by atoms with Crippen LogP contribution in [-0.2, 0) is 13.1 Å². The molecule has 3 aromatic rings. The lowest BCUT2D eigenvalue weighted by Gasteiger charge is -2.28. The van der Waals surface area contributed by atoms with Crippen LogP contribution in [-0.4, -0.2) is 40.8 Å². The fourth-order valence-corrected chi connectivity index (χ4v) is 5.42. The second-order valence-corrected chi connectivity index (χ2v) is 9.33. The number of rotatable bonds is 4. The van der Waals surface area contributed by atoms with Crippen molar-refractivity contribution in [3.63, 3.8) is 0 Å². The van der Waals surface area contributed by atoms with E-state index in [9.17, 15) is 4.79 Å². The fraction of sp³-hybridized carbons (Fsp3) is 0.438. The molecule has 0 aromatic carbocycles. The lowest BCUT2D eigenvalue weighted by Crippen LogP contribution is -3.27. The van der Waals surface area contributed by atoms with E-state index in [4.69, 9.17) is 11.6 Å². The Morgan fingerprint density at radius 2 is 1.88 bits per heavy atom. The number of nitrogens with zero attached hydrogens (tertiary/aromatic N) is 3. The summed E-state index contributed by atoms with van der Waals surface area (Å²) in [5.74, 6) is 0. The van der Waals surface area contributed by atoms with Crippen molar-refractivity contribution in [3.8, 4) is 0 Å². The van der Waals surface area contributed by atoms with Crippen molar-refractivity contribution in [2.75, 3.05) is 26.2 Å². The molecule has 0 bridgehead atoms. The largest absolute Gasteiger partial charge is 0.321 e. The zero-order valence-electron chi connectivity index (χ0n) is 13.9. The highest BCUT2D eigenvalue weighted by Gasteiger charge is 2.25. The molecule has 0 saturated carbocycles. The van der Waals surface area contributed by atoms with E-state index in [1.165, 1.54) is 31.7 Å². The molecule has 0 radical (unpaired) electrons. The van der Waals surface area contributed by atoms with Gasteiger partial charge in [0.1, 0.15) is 39.3 Å². The summed E-state index contributed by atoms with van der Waals surface area (Å²) in [5, 5.41) is 5.44. The molecule has 3 aromatic heterocycles. The van der Waals surface area contributed by atoms with E-state index < -0.39 is 0 Å². The van der Waals surface area contributed by atoms with E-state index in [2.05, 4.69) is 16.1 Å². The molecule has 0 unspecified atom stereocenters. The van der Waals surface area contributed by atoms with Crippen molar-refractivity contribution >= 4 is 39.2 Å². The molecule has 1 fully saturated rings. The van der Waals surface area contributed by atoms with Gasteiger partial charge in [0, 0.05) is 11.8 Å². The predicted octanol–water partition coefficient (Wildman–Crippen LogP) is -0.342. The SMILES string of the molecule is Cc1cc(=O)n2nc(C[NH+]3CC[NH+](Cc4ccc(Cl)s4)CC3)sc2n1. The van der Waals surface area contributed by atoms with Gasteiger partial charge in [-0.15, -0.1) is 11.3 Å². The summed E-state index contributed by atoms with van der Waals surface area (Å²) in [5.41, 5.74) is 0.655. The molecule has 0 amide bonds. The van der Waals surface area contributed by atoms with Crippen molar-refractivity contribution in [2.45, 2.75) is 20.0 Å². The van der Waals surface area contributed by atoms with Crippen molar-refractivity contribution in [1.29, 1.82) is 0 Å². The summed E-state index contributed by atoms with van der Waals surface area (Å²) in [4.78, 5) is 21.6. The van der Waals surface area contributed by atoms with E-state index in [-0.39, 0.29) is 5.56 Å². The minimum atomic E-state index is -0.0936. The first-order valence-corrected chi connectivity index (χ1v) is 10.4. The van der Waals surface area contributed by atoms with Crippen LogP contribution in [0.3, 0.4) is 0 Å². The monoisotopic (exact) mass is 397 g/mol. The number of hydrogen-bond donors (Lipinski definition) is 2. The van der Waals surface area contributed by atoms with Crippen LogP contribution in [0.4, 0.5) is 0 Å². The number of aromatic nitrogens is 3. The smallest absolute Gasteiger partial charge is 0.275 e. The van der Waals surface area contributed by atoms with Crippen LogP contribution in [0.2, 0.25) is 4.34 Å². The van der Waals surface area contributed by atoms with E-state index in [1.54, 1.807) is 16.2 Å². The first kappa shape index (κ1) is 17.1. The Hall–Kier alpha value is -1.32. The van der Waals surface area contributed by atoms with Crippen molar-refractivity contribution in [2.24, 2.45) is 0 Å². The summed E-state index contributed by atoms with van der Waals surface area (Å²) in [6, 6.07) is 5.64. The first-order chi connectivity index (χ1) is 12.1. The van der Waals surface area contributed by atoms with Crippen LogP contribution in [0.5, 0.6) is 0 Å². The minimum absolute atomic E-state index is 0.0936.